The molecule has 1 aromatic carbocycles. The molecule has 0 aliphatic heterocycles. The van der Waals surface area contributed by atoms with Crippen molar-refractivity contribution in [2.24, 2.45) is 5.92 Å². The van der Waals surface area contributed by atoms with Gasteiger partial charge in [-0.3, -0.25) is 4.79 Å². The van der Waals surface area contributed by atoms with E-state index in [0.29, 0.717) is 23.3 Å². The predicted octanol–water partition coefficient (Wildman–Crippen LogP) is 2.43. The molecule has 0 saturated carbocycles. The lowest BCUT2D eigenvalue weighted by molar-refractivity contribution is -0.274. The van der Waals surface area contributed by atoms with Crippen molar-refractivity contribution in [1.29, 1.82) is 0 Å². The van der Waals surface area contributed by atoms with Crippen LogP contribution in [-0.2, 0) is 4.79 Å². The number of amides is 1. The van der Waals surface area contributed by atoms with Crippen LogP contribution >= 0.6 is 11.8 Å². The number of tetrazole rings is 1. The third-order valence-corrected chi connectivity index (χ3v) is 3.71. The largest absolute Gasteiger partial charge is 0.573 e. The van der Waals surface area contributed by atoms with Crippen LogP contribution in [0.15, 0.2) is 29.4 Å². The Morgan fingerprint density at radius 1 is 1.32 bits per heavy atom. The van der Waals surface area contributed by atoms with Gasteiger partial charge in [-0.1, -0.05) is 25.6 Å². The van der Waals surface area contributed by atoms with Gasteiger partial charge in [-0.15, -0.1) is 18.3 Å². The lowest BCUT2D eigenvalue weighted by Crippen LogP contribution is -2.28. The van der Waals surface area contributed by atoms with E-state index in [1.807, 2.05) is 13.8 Å². The molecule has 0 fully saturated rings. The SMILES string of the molecule is CC(C)CNC(=O)CSc1nnnn1-c1ccc(OC(F)(F)F)cc1. The summed E-state index contributed by atoms with van der Waals surface area (Å²) in [5.41, 5.74) is 0.449. The van der Waals surface area contributed by atoms with Crippen LogP contribution < -0.4 is 10.1 Å². The van der Waals surface area contributed by atoms with Crippen molar-refractivity contribution < 1.29 is 22.7 Å². The number of thioether (sulfide) groups is 1. The highest BCUT2D eigenvalue weighted by Gasteiger charge is 2.31. The molecule has 0 unspecified atom stereocenters. The molecule has 0 aliphatic rings. The van der Waals surface area contributed by atoms with Crippen molar-refractivity contribution >= 4 is 17.7 Å². The first kappa shape index (κ1) is 19.0. The van der Waals surface area contributed by atoms with E-state index in [1.165, 1.54) is 16.8 Å². The minimum atomic E-state index is -4.75. The molecule has 136 valence electrons. The maximum Gasteiger partial charge on any atom is 0.573 e. The molecule has 25 heavy (non-hydrogen) atoms. The summed E-state index contributed by atoms with van der Waals surface area (Å²) in [5, 5.41) is 14.3. The monoisotopic (exact) mass is 375 g/mol. The van der Waals surface area contributed by atoms with Crippen LogP contribution in [0, 0.1) is 5.92 Å². The number of aromatic nitrogens is 4. The third-order valence-electron chi connectivity index (χ3n) is 2.80. The van der Waals surface area contributed by atoms with Crippen LogP contribution in [0.4, 0.5) is 13.2 Å². The van der Waals surface area contributed by atoms with E-state index < -0.39 is 6.36 Å². The Hall–Kier alpha value is -2.30. The Morgan fingerprint density at radius 2 is 2.00 bits per heavy atom. The topological polar surface area (TPSA) is 81.9 Å². The molecule has 0 aliphatic carbocycles. The zero-order valence-electron chi connectivity index (χ0n) is 13.4. The fourth-order valence-electron chi connectivity index (χ4n) is 1.72. The van der Waals surface area contributed by atoms with Crippen LogP contribution in [0.25, 0.3) is 5.69 Å². The molecule has 0 saturated heterocycles. The molecule has 0 atom stereocenters. The first-order valence-electron chi connectivity index (χ1n) is 7.28. The first-order valence-corrected chi connectivity index (χ1v) is 8.27. The lowest BCUT2D eigenvalue weighted by atomic mass is 10.2. The second-order valence-electron chi connectivity index (χ2n) is 5.40. The molecule has 1 amide bonds. The Morgan fingerprint density at radius 3 is 2.60 bits per heavy atom. The number of hydrogen-bond donors (Lipinski definition) is 1. The van der Waals surface area contributed by atoms with Crippen molar-refractivity contribution in [2.75, 3.05) is 12.3 Å². The van der Waals surface area contributed by atoms with Gasteiger partial charge in [0.25, 0.3) is 0 Å². The Labute approximate surface area is 145 Å². The Balaban J connectivity index is 2.00. The quantitative estimate of drug-likeness (QED) is 0.749. The molecule has 0 spiro atoms. The Bertz CT molecular complexity index is 703. The average Bonchev–Trinajstić information content (AvgIpc) is 2.98. The number of carbonyl (C=O) groups is 1. The Kier molecular flexibility index (Phi) is 6.23. The molecule has 1 aromatic heterocycles. The van der Waals surface area contributed by atoms with Crippen molar-refractivity contribution in [2.45, 2.75) is 25.4 Å². The molecule has 2 aromatic rings. The van der Waals surface area contributed by atoms with E-state index in [0.717, 1.165) is 23.9 Å². The number of benzene rings is 1. The number of hydrogen-bond acceptors (Lipinski definition) is 6. The van der Waals surface area contributed by atoms with Crippen LogP contribution in [0.2, 0.25) is 0 Å². The van der Waals surface area contributed by atoms with Crippen LogP contribution in [0.5, 0.6) is 5.75 Å². The van der Waals surface area contributed by atoms with Crippen LogP contribution in [0.1, 0.15) is 13.8 Å². The predicted molar refractivity (Wildman–Crippen MR) is 84.4 cm³/mol. The third kappa shape index (κ3) is 6.25. The summed E-state index contributed by atoms with van der Waals surface area (Å²) in [6.45, 7) is 4.55. The number of carbonyl (C=O) groups excluding carboxylic acids is 1. The maximum absolute atomic E-state index is 12.2. The second-order valence-corrected chi connectivity index (χ2v) is 6.34. The highest BCUT2D eigenvalue weighted by molar-refractivity contribution is 7.99. The number of halogens is 3. The first-order chi connectivity index (χ1) is 11.7. The highest BCUT2D eigenvalue weighted by atomic mass is 32.2. The van der Waals surface area contributed by atoms with Crippen molar-refractivity contribution in [3.63, 3.8) is 0 Å². The average molecular weight is 375 g/mol. The van der Waals surface area contributed by atoms with E-state index in [-0.39, 0.29) is 17.4 Å². The molecule has 11 heteroatoms. The molecular weight excluding hydrogens is 359 g/mol. The van der Waals surface area contributed by atoms with Crippen LogP contribution in [0.3, 0.4) is 0 Å². The van der Waals surface area contributed by atoms with Crippen LogP contribution in [-0.4, -0.2) is 44.8 Å². The van der Waals surface area contributed by atoms with E-state index in [4.69, 9.17) is 0 Å². The second kappa shape index (κ2) is 8.19. The van der Waals surface area contributed by atoms with Gasteiger partial charge in [0.15, 0.2) is 0 Å². The molecule has 0 radical (unpaired) electrons. The van der Waals surface area contributed by atoms with Crippen molar-refractivity contribution in [1.82, 2.24) is 25.5 Å². The summed E-state index contributed by atoms with van der Waals surface area (Å²) >= 11 is 1.13. The maximum atomic E-state index is 12.2. The summed E-state index contributed by atoms with van der Waals surface area (Å²) in [6, 6.07) is 5.10. The van der Waals surface area contributed by atoms with Gasteiger partial charge >= 0.3 is 6.36 Å². The van der Waals surface area contributed by atoms with E-state index in [9.17, 15) is 18.0 Å². The normalized spacial score (nSPS) is 11.6. The fraction of sp³-hybridized carbons (Fsp3) is 0.429. The highest BCUT2D eigenvalue weighted by Crippen LogP contribution is 2.24. The smallest absolute Gasteiger partial charge is 0.406 e. The lowest BCUT2D eigenvalue weighted by Gasteiger charge is -2.10. The number of nitrogens with one attached hydrogen (secondary N) is 1. The minimum absolute atomic E-state index is 0.127. The summed E-state index contributed by atoms with van der Waals surface area (Å²) in [6.07, 6.45) is -4.75. The molecule has 0 bridgehead atoms. The van der Waals surface area contributed by atoms with Crippen molar-refractivity contribution in [3.05, 3.63) is 24.3 Å². The zero-order chi connectivity index (χ0) is 18.4. The van der Waals surface area contributed by atoms with E-state index >= 15 is 0 Å². The van der Waals surface area contributed by atoms with Gasteiger partial charge in [0, 0.05) is 6.54 Å². The van der Waals surface area contributed by atoms with Gasteiger partial charge in [0.1, 0.15) is 5.75 Å². The summed E-state index contributed by atoms with van der Waals surface area (Å²) in [5.74, 6) is -0.0204. The number of ether oxygens (including phenoxy) is 1. The minimum Gasteiger partial charge on any atom is -0.406 e. The standard InChI is InChI=1S/C14H16F3N5O2S/c1-9(2)7-18-12(23)8-25-13-19-20-21-22(13)10-3-5-11(6-4-10)24-14(15,16)17/h3-6,9H,7-8H2,1-2H3,(H,18,23). The summed E-state index contributed by atoms with van der Waals surface area (Å²) in [7, 11) is 0. The number of rotatable bonds is 7. The van der Waals surface area contributed by atoms with Gasteiger partial charge in [0.05, 0.1) is 11.4 Å². The molecule has 2 rings (SSSR count). The summed E-state index contributed by atoms with van der Waals surface area (Å²) in [4.78, 5) is 11.7. The molecule has 7 nitrogen and oxygen atoms in total. The molecule has 1 N–H and O–H groups in total. The van der Waals surface area contributed by atoms with E-state index in [2.05, 4.69) is 25.6 Å². The van der Waals surface area contributed by atoms with Crippen molar-refractivity contribution in [3.8, 4) is 11.4 Å². The van der Waals surface area contributed by atoms with Gasteiger partial charge in [-0.2, -0.15) is 4.68 Å². The van der Waals surface area contributed by atoms with Gasteiger partial charge in [-0.25, -0.2) is 0 Å². The fourth-order valence-corrected chi connectivity index (χ4v) is 2.44. The van der Waals surface area contributed by atoms with Gasteiger partial charge < -0.3 is 10.1 Å². The summed E-state index contributed by atoms with van der Waals surface area (Å²) < 4.78 is 41.6. The van der Waals surface area contributed by atoms with E-state index in [1.54, 1.807) is 0 Å². The molecular formula is C14H16F3N5O2S. The number of alkyl halides is 3. The zero-order valence-corrected chi connectivity index (χ0v) is 14.3. The van der Waals surface area contributed by atoms with Gasteiger partial charge in [-0.05, 0) is 40.6 Å². The van der Waals surface area contributed by atoms with Gasteiger partial charge in [0.2, 0.25) is 11.1 Å². The number of nitrogens with zero attached hydrogens (tertiary/aromatic N) is 4. The molecule has 1 heterocycles.